The molecular formula is C26H24N2O6S. The summed E-state index contributed by atoms with van der Waals surface area (Å²) in [6, 6.07) is 10.5. The Morgan fingerprint density at radius 3 is 2.77 bits per heavy atom. The van der Waals surface area contributed by atoms with E-state index in [9.17, 15) is 9.59 Å². The van der Waals surface area contributed by atoms with Crippen molar-refractivity contribution in [2.24, 2.45) is 4.99 Å². The van der Waals surface area contributed by atoms with E-state index in [0.717, 1.165) is 16.9 Å². The smallest absolute Gasteiger partial charge is 0.338 e. The molecule has 0 saturated heterocycles. The summed E-state index contributed by atoms with van der Waals surface area (Å²) in [5.74, 6) is 1.42. The maximum absolute atomic E-state index is 13.7. The van der Waals surface area contributed by atoms with Crippen molar-refractivity contribution >= 4 is 23.4 Å². The zero-order valence-electron chi connectivity index (χ0n) is 19.8. The first kappa shape index (κ1) is 22.9. The van der Waals surface area contributed by atoms with Crippen LogP contribution in [0.1, 0.15) is 36.6 Å². The first-order valence-corrected chi connectivity index (χ1v) is 12.0. The quantitative estimate of drug-likeness (QED) is 0.509. The average Bonchev–Trinajstić information content (AvgIpc) is 3.43. The van der Waals surface area contributed by atoms with Crippen LogP contribution < -0.4 is 29.1 Å². The number of benzene rings is 2. The number of hydrogen-bond acceptors (Lipinski definition) is 8. The van der Waals surface area contributed by atoms with E-state index in [0.29, 0.717) is 37.7 Å². The molecule has 0 amide bonds. The molecule has 3 heterocycles. The van der Waals surface area contributed by atoms with E-state index in [1.807, 2.05) is 37.3 Å². The number of aromatic nitrogens is 1. The summed E-state index contributed by atoms with van der Waals surface area (Å²) in [6.45, 7) is 5.80. The second-order valence-corrected chi connectivity index (χ2v) is 9.15. The van der Waals surface area contributed by atoms with Crippen LogP contribution in [0.3, 0.4) is 0 Å². The summed E-state index contributed by atoms with van der Waals surface area (Å²) in [4.78, 5) is 31.8. The summed E-state index contributed by atoms with van der Waals surface area (Å²) in [7, 11) is 1.62. The number of methoxy groups -OCH3 is 1. The molecule has 5 rings (SSSR count). The molecule has 35 heavy (non-hydrogen) atoms. The fraction of sp³-hybridized carbons (Fsp3) is 0.269. The first-order chi connectivity index (χ1) is 16.9. The number of rotatable bonds is 5. The average molecular weight is 493 g/mol. The van der Waals surface area contributed by atoms with Crippen LogP contribution in [0.2, 0.25) is 0 Å². The second kappa shape index (κ2) is 9.07. The Morgan fingerprint density at radius 2 is 2.00 bits per heavy atom. The zero-order valence-corrected chi connectivity index (χ0v) is 20.6. The fourth-order valence-electron chi connectivity index (χ4n) is 4.27. The molecule has 180 valence electrons. The number of aryl methyl sites for hydroxylation is 1. The van der Waals surface area contributed by atoms with Crippen LogP contribution in [0.4, 0.5) is 0 Å². The minimum atomic E-state index is -0.713. The molecule has 0 N–H and O–H groups in total. The van der Waals surface area contributed by atoms with Gasteiger partial charge in [-0.25, -0.2) is 9.79 Å². The molecule has 2 aliphatic heterocycles. The highest BCUT2D eigenvalue weighted by atomic mass is 32.1. The number of carbonyl (C=O) groups is 1. The lowest BCUT2D eigenvalue weighted by molar-refractivity contribution is -0.139. The molecule has 0 radical (unpaired) electrons. The molecular weight excluding hydrogens is 468 g/mol. The van der Waals surface area contributed by atoms with Crippen molar-refractivity contribution in [3.8, 4) is 17.2 Å². The molecule has 0 spiro atoms. The van der Waals surface area contributed by atoms with Crippen molar-refractivity contribution in [2.75, 3.05) is 20.5 Å². The van der Waals surface area contributed by atoms with Crippen molar-refractivity contribution in [1.82, 2.24) is 4.57 Å². The van der Waals surface area contributed by atoms with Gasteiger partial charge in [0.1, 0.15) is 5.75 Å². The van der Waals surface area contributed by atoms with E-state index in [1.54, 1.807) is 37.7 Å². The van der Waals surface area contributed by atoms with Crippen molar-refractivity contribution in [2.45, 2.75) is 26.8 Å². The van der Waals surface area contributed by atoms with Crippen molar-refractivity contribution in [3.63, 3.8) is 0 Å². The third-order valence-corrected chi connectivity index (χ3v) is 6.94. The Kier molecular flexibility index (Phi) is 5.94. The Bertz CT molecular complexity index is 1550. The molecule has 0 unspecified atom stereocenters. The topological polar surface area (TPSA) is 88.4 Å². The predicted molar refractivity (Wildman–Crippen MR) is 131 cm³/mol. The van der Waals surface area contributed by atoms with Crippen molar-refractivity contribution in [3.05, 3.63) is 84.0 Å². The van der Waals surface area contributed by atoms with Gasteiger partial charge < -0.3 is 18.9 Å². The maximum atomic E-state index is 13.7. The Morgan fingerprint density at radius 1 is 1.20 bits per heavy atom. The number of hydrogen-bond donors (Lipinski definition) is 0. The van der Waals surface area contributed by atoms with Crippen LogP contribution in [-0.2, 0) is 9.53 Å². The number of thiazole rings is 1. The van der Waals surface area contributed by atoms with Gasteiger partial charge in [0.25, 0.3) is 5.56 Å². The number of nitrogens with zero attached hydrogens (tertiary/aromatic N) is 2. The summed E-state index contributed by atoms with van der Waals surface area (Å²) >= 11 is 1.27. The summed E-state index contributed by atoms with van der Waals surface area (Å²) < 4.78 is 23.8. The minimum Gasteiger partial charge on any atom is -0.496 e. The molecule has 0 bridgehead atoms. The van der Waals surface area contributed by atoms with Crippen LogP contribution in [0, 0.1) is 6.92 Å². The van der Waals surface area contributed by atoms with Gasteiger partial charge in [-0.2, -0.15) is 0 Å². The molecule has 8 nitrogen and oxygen atoms in total. The lowest BCUT2D eigenvalue weighted by atomic mass is 9.95. The standard InChI is InChI=1S/C26H24N2O6S/c1-5-32-25(30)22-15(3)27-26-28(23(22)17-8-9-18-20(12-17)34-13-33-18)24(29)21(35-26)11-16-7-6-14(2)19(10-16)31-4/h6-12,23H,5,13H2,1-4H3/b21-11-/t23-/m1/s1. The summed E-state index contributed by atoms with van der Waals surface area (Å²) in [5, 5.41) is 0. The van der Waals surface area contributed by atoms with Gasteiger partial charge in [0, 0.05) is 0 Å². The monoisotopic (exact) mass is 492 g/mol. The van der Waals surface area contributed by atoms with Gasteiger partial charge in [0.15, 0.2) is 16.3 Å². The van der Waals surface area contributed by atoms with E-state index in [1.165, 1.54) is 11.3 Å². The lowest BCUT2D eigenvalue weighted by Gasteiger charge is -2.24. The summed E-state index contributed by atoms with van der Waals surface area (Å²) in [6.07, 6.45) is 1.81. The molecule has 1 atom stereocenters. The van der Waals surface area contributed by atoms with Gasteiger partial charge in [0.2, 0.25) is 6.79 Å². The number of ether oxygens (including phenoxy) is 4. The molecule has 0 aliphatic carbocycles. The van der Waals surface area contributed by atoms with Crippen LogP contribution >= 0.6 is 11.3 Å². The third-order valence-electron chi connectivity index (χ3n) is 5.96. The Hall–Kier alpha value is -3.85. The van der Waals surface area contributed by atoms with E-state index < -0.39 is 12.0 Å². The first-order valence-electron chi connectivity index (χ1n) is 11.1. The molecule has 0 fully saturated rings. The number of esters is 1. The predicted octanol–water partition coefficient (Wildman–Crippen LogP) is 2.84. The third kappa shape index (κ3) is 4.01. The van der Waals surface area contributed by atoms with Gasteiger partial charge in [0.05, 0.1) is 35.6 Å². The van der Waals surface area contributed by atoms with Gasteiger partial charge >= 0.3 is 5.97 Å². The highest BCUT2D eigenvalue weighted by Gasteiger charge is 2.34. The minimum absolute atomic E-state index is 0.126. The highest BCUT2D eigenvalue weighted by Crippen LogP contribution is 2.38. The number of allylic oxidation sites excluding steroid dienone is 1. The Labute approximate surface area is 205 Å². The largest absolute Gasteiger partial charge is 0.496 e. The molecule has 9 heteroatoms. The van der Waals surface area contributed by atoms with E-state index in [-0.39, 0.29) is 19.0 Å². The highest BCUT2D eigenvalue weighted by molar-refractivity contribution is 7.07. The van der Waals surface area contributed by atoms with Gasteiger partial charge in [-0.3, -0.25) is 9.36 Å². The molecule has 3 aromatic rings. The fourth-order valence-corrected chi connectivity index (χ4v) is 5.31. The van der Waals surface area contributed by atoms with Gasteiger partial charge in [-0.05, 0) is 61.7 Å². The van der Waals surface area contributed by atoms with Crippen molar-refractivity contribution < 1.29 is 23.7 Å². The molecule has 2 aromatic carbocycles. The lowest BCUT2D eigenvalue weighted by Crippen LogP contribution is -2.39. The van der Waals surface area contributed by atoms with Gasteiger partial charge in [-0.1, -0.05) is 29.5 Å². The van der Waals surface area contributed by atoms with E-state index in [2.05, 4.69) is 4.99 Å². The molecule has 1 aromatic heterocycles. The second-order valence-electron chi connectivity index (χ2n) is 8.14. The normalized spacial score (nSPS) is 16.7. The SMILES string of the molecule is CCOC(=O)C1=C(C)N=c2s/c(=C\c3ccc(C)c(OC)c3)c(=O)n2[C@@H]1c1ccc2c(c1)OCO2. The summed E-state index contributed by atoms with van der Waals surface area (Å²) in [5.41, 5.74) is 3.13. The Balaban J connectivity index is 1.71. The van der Waals surface area contributed by atoms with Crippen LogP contribution in [0.5, 0.6) is 17.2 Å². The zero-order chi connectivity index (χ0) is 24.7. The van der Waals surface area contributed by atoms with Crippen LogP contribution in [0.25, 0.3) is 6.08 Å². The number of fused-ring (bicyclic) bond motifs is 2. The molecule has 2 aliphatic rings. The molecule has 0 saturated carbocycles. The maximum Gasteiger partial charge on any atom is 0.338 e. The van der Waals surface area contributed by atoms with E-state index >= 15 is 0 Å². The van der Waals surface area contributed by atoms with Crippen LogP contribution in [-0.4, -0.2) is 31.0 Å². The van der Waals surface area contributed by atoms with Crippen LogP contribution in [0.15, 0.2) is 57.5 Å². The van der Waals surface area contributed by atoms with Gasteiger partial charge in [-0.15, -0.1) is 0 Å². The van der Waals surface area contributed by atoms with E-state index in [4.69, 9.17) is 18.9 Å². The number of carbonyl (C=O) groups excluding carboxylic acids is 1. The van der Waals surface area contributed by atoms with Crippen molar-refractivity contribution in [1.29, 1.82) is 0 Å².